The van der Waals surface area contributed by atoms with Crippen molar-refractivity contribution in [2.24, 2.45) is 0 Å². The minimum Gasteiger partial charge on any atom is -0.394 e. The fourth-order valence-corrected chi connectivity index (χ4v) is 0.953. The lowest BCUT2D eigenvalue weighted by molar-refractivity contribution is 0.0825. The maximum absolute atomic E-state index is 9.04. The lowest BCUT2D eigenvalue weighted by Crippen LogP contribution is -2.41. The average Bonchev–Trinajstić information content (AvgIpc) is 2.17. The lowest BCUT2D eigenvalue weighted by atomic mass is 10.1. The van der Waals surface area contributed by atoms with Crippen molar-refractivity contribution in [1.29, 1.82) is 0 Å². The summed E-state index contributed by atoms with van der Waals surface area (Å²) in [6.45, 7) is 10.8. The van der Waals surface area contributed by atoms with Crippen LogP contribution >= 0.6 is 0 Å². The molecule has 3 nitrogen and oxygen atoms in total. The Labute approximate surface area is 79.4 Å². The number of aliphatic hydroxyl groups excluding tert-OH is 1. The van der Waals surface area contributed by atoms with Gasteiger partial charge in [-0.2, -0.15) is 0 Å². The summed E-state index contributed by atoms with van der Waals surface area (Å²) in [5.74, 6) is 0. The van der Waals surface area contributed by atoms with Crippen molar-refractivity contribution in [3.05, 3.63) is 37.6 Å². The van der Waals surface area contributed by atoms with Crippen molar-refractivity contribution in [2.45, 2.75) is 12.1 Å². The molecule has 0 radical (unpaired) electrons. The van der Waals surface area contributed by atoms with Gasteiger partial charge in [-0.25, -0.2) is 0 Å². The Morgan fingerprint density at radius 1 is 1.62 bits per heavy atom. The van der Waals surface area contributed by atoms with Crippen LogP contribution in [-0.4, -0.2) is 31.0 Å². The second-order valence-electron chi connectivity index (χ2n) is 2.60. The Bertz CT molecular complexity index is 189. The molecule has 2 N–H and O–H groups in total. The van der Waals surface area contributed by atoms with Gasteiger partial charge in [-0.1, -0.05) is 19.2 Å². The molecule has 0 heterocycles. The Morgan fingerprint density at radius 3 is 2.54 bits per heavy atom. The molecule has 0 amide bonds. The van der Waals surface area contributed by atoms with Gasteiger partial charge >= 0.3 is 0 Å². The highest BCUT2D eigenvalue weighted by Crippen LogP contribution is 2.01. The van der Waals surface area contributed by atoms with E-state index in [1.165, 1.54) is 0 Å². The van der Waals surface area contributed by atoms with Gasteiger partial charge < -0.3 is 15.2 Å². The van der Waals surface area contributed by atoms with Crippen LogP contribution in [0.1, 0.15) is 0 Å². The van der Waals surface area contributed by atoms with E-state index in [-0.39, 0.29) is 18.8 Å². The van der Waals surface area contributed by atoms with Crippen LogP contribution < -0.4 is 5.32 Å². The van der Waals surface area contributed by atoms with Crippen LogP contribution in [0.25, 0.3) is 0 Å². The molecule has 0 aliphatic rings. The third-order valence-corrected chi connectivity index (χ3v) is 1.71. The van der Waals surface area contributed by atoms with Gasteiger partial charge in [0.1, 0.15) is 0 Å². The first-order chi connectivity index (χ1) is 6.19. The molecule has 3 heteroatoms. The van der Waals surface area contributed by atoms with E-state index in [9.17, 15) is 0 Å². The van der Waals surface area contributed by atoms with Crippen LogP contribution in [0.2, 0.25) is 0 Å². The normalized spacial score (nSPS) is 14.3. The number of allylic oxidation sites excluding steroid dienone is 1. The molecule has 0 rings (SSSR count). The molecule has 74 valence electrons. The van der Waals surface area contributed by atoms with E-state index >= 15 is 0 Å². The first-order valence-corrected chi connectivity index (χ1v) is 4.03. The van der Waals surface area contributed by atoms with Crippen molar-refractivity contribution in [3.8, 4) is 0 Å². The van der Waals surface area contributed by atoms with Gasteiger partial charge in [0.25, 0.3) is 0 Å². The van der Waals surface area contributed by atoms with Gasteiger partial charge in [0.2, 0.25) is 0 Å². The predicted molar refractivity (Wildman–Crippen MR) is 54.3 cm³/mol. The Morgan fingerprint density at radius 2 is 2.23 bits per heavy atom. The summed E-state index contributed by atoms with van der Waals surface area (Å²) < 4.78 is 5.08. The van der Waals surface area contributed by atoms with Gasteiger partial charge in [-0.05, 0) is 6.08 Å². The van der Waals surface area contributed by atoms with E-state index in [2.05, 4.69) is 25.1 Å². The van der Waals surface area contributed by atoms with Crippen LogP contribution in [0.15, 0.2) is 37.6 Å². The number of hydrogen-bond acceptors (Lipinski definition) is 3. The standard InChI is InChI=1S/C10H17NO2/c1-5-8(3)11-9(7-12)10(6-2)13-4/h5-6,9-12H,1-3,7H2,4H3/t9-,10+/m0/s1. The van der Waals surface area contributed by atoms with E-state index < -0.39 is 0 Å². The van der Waals surface area contributed by atoms with Crippen molar-refractivity contribution in [2.75, 3.05) is 13.7 Å². The SMILES string of the molecule is C=CC(=C)N[C@@H](CO)[C@@H](C=C)OC. The topological polar surface area (TPSA) is 41.5 Å². The van der Waals surface area contributed by atoms with E-state index in [4.69, 9.17) is 9.84 Å². The summed E-state index contributed by atoms with van der Waals surface area (Å²) >= 11 is 0. The second kappa shape index (κ2) is 6.46. The largest absolute Gasteiger partial charge is 0.394 e. The van der Waals surface area contributed by atoms with Crippen LogP contribution in [-0.2, 0) is 4.74 Å². The van der Waals surface area contributed by atoms with E-state index in [1.54, 1.807) is 19.3 Å². The fourth-order valence-electron chi connectivity index (χ4n) is 0.953. The number of nitrogens with one attached hydrogen (secondary N) is 1. The molecule has 0 spiro atoms. The first kappa shape index (κ1) is 11.9. The molecule has 0 aromatic rings. The van der Waals surface area contributed by atoms with Crippen molar-refractivity contribution in [3.63, 3.8) is 0 Å². The molecule has 0 aliphatic heterocycles. The zero-order chi connectivity index (χ0) is 10.3. The monoisotopic (exact) mass is 183 g/mol. The summed E-state index contributed by atoms with van der Waals surface area (Å²) in [5.41, 5.74) is 0.656. The second-order valence-corrected chi connectivity index (χ2v) is 2.60. The van der Waals surface area contributed by atoms with Gasteiger partial charge in [-0.3, -0.25) is 0 Å². The maximum atomic E-state index is 9.04. The summed E-state index contributed by atoms with van der Waals surface area (Å²) in [7, 11) is 1.56. The molecule has 0 saturated carbocycles. The minimum atomic E-state index is -0.235. The Balaban J connectivity index is 4.22. The number of hydrogen-bond donors (Lipinski definition) is 2. The van der Waals surface area contributed by atoms with Crippen LogP contribution in [0, 0.1) is 0 Å². The highest BCUT2D eigenvalue weighted by molar-refractivity contribution is 5.11. The third-order valence-electron chi connectivity index (χ3n) is 1.71. The zero-order valence-corrected chi connectivity index (χ0v) is 7.99. The molecule has 2 atom stereocenters. The Hall–Kier alpha value is -1.06. The molecule has 13 heavy (non-hydrogen) atoms. The third kappa shape index (κ3) is 3.92. The first-order valence-electron chi connectivity index (χ1n) is 4.03. The van der Waals surface area contributed by atoms with E-state index in [0.29, 0.717) is 5.70 Å². The van der Waals surface area contributed by atoms with Gasteiger partial charge in [0.05, 0.1) is 18.8 Å². The fraction of sp³-hybridized carbons (Fsp3) is 0.400. The van der Waals surface area contributed by atoms with E-state index in [1.807, 2.05) is 0 Å². The minimum absolute atomic E-state index is 0.0443. The maximum Gasteiger partial charge on any atom is 0.0972 e. The molecule has 0 aliphatic carbocycles. The summed E-state index contributed by atoms with van der Waals surface area (Å²) in [6, 6.07) is -0.229. The quantitative estimate of drug-likeness (QED) is 0.454. The average molecular weight is 183 g/mol. The van der Waals surface area contributed by atoms with Crippen LogP contribution in [0.4, 0.5) is 0 Å². The zero-order valence-electron chi connectivity index (χ0n) is 7.99. The molecular formula is C10H17NO2. The summed E-state index contributed by atoms with van der Waals surface area (Å²) in [4.78, 5) is 0. The van der Waals surface area contributed by atoms with Crippen molar-refractivity contribution >= 4 is 0 Å². The van der Waals surface area contributed by atoms with Crippen LogP contribution in [0.3, 0.4) is 0 Å². The number of rotatable bonds is 7. The molecule has 0 aromatic carbocycles. The number of aliphatic hydroxyl groups is 1. The molecule has 0 saturated heterocycles. The number of methoxy groups -OCH3 is 1. The van der Waals surface area contributed by atoms with Gasteiger partial charge in [0, 0.05) is 12.8 Å². The molecule has 0 unspecified atom stereocenters. The molecule has 0 fully saturated rings. The summed E-state index contributed by atoms with van der Waals surface area (Å²) in [5, 5.41) is 12.0. The predicted octanol–water partition coefficient (Wildman–Crippen LogP) is 0.838. The van der Waals surface area contributed by atoms with Gasteiger partial charge in [0.15, 0.2) is 0 Å². The molecular weight excluding hydrogens is 166 g/mol. The molecule has 0 aromatic heterocycles. The van der Waals surface area contributed by atoms with Crippen LogP contribution in [0.5, 0.6) is 0 Å². The smallest absolute Gasteiger partial charge is 0.0972 e. The van der Waals surface area contributed by atoms with Crippen molar-refractivity contribution in [1.82, 2.24) is 5.32 Å². The van der Waals surface area contributed by atoms with E-state index in [0.717, 1.165) is 0 Å². The number of ether oxygens (including phenoxy) is 1. The highest BCUT2D eigenvalue weighted by atomic mass is 16.5. The summed E-state index contributed by atoms with van der Waals surface area (Å²) in [6.07, 6.45) is 2.98. The van der Waals surface area contributed by atoms with Gasteiger partial charge in [-0.15, -0.1) is 6.58 Å². The van der Waals surface area contributed by atoms with Crippen molar-refractivity contribution < 1.29 is 9.84 Å². The highest BCUT2D eigenvalue weighted by Gasteiger charge is 2.16. The molecule has 0 bridgehead atoms. The Kier molecular flexibility index (Phi) is 5.93. The lowest BCUT2D eigenvalue weighted by Gasteiger charge is -2.23.